The summed E-state index contributed by atoms with van der Waals surface area (Å²) < 4.78 is 9.72. The van der Waals surface area contributed by atoms with E-state index in [9.17, 15) is 19.2 Å². The van der Waals surface area contributed by atoms with Crippen LogP contribution in [0.3, 0.4) is 0 Å². The van der Waals surface area contributed by atoms with E-state index in [0.29, 0.717) is 21.9 Å². The van der Waals surface area contributed by atoms with Crippen LogP contribution in [0.15, 0.2) is 60.7 Å². The molecular weight excluding hydrogens is 384 g/mol. The Morgan fingerprint density at radius 2 is 1.03 bits per heavy atom. The monoisotopic (exact) mass is 394 g/mol. The maximum atomic E-state index is 12.7. The molecule has 0 saturated heterocycles. The van der Waals surface area contributed by atoms with Gasteiger partial charge in [0.25, 0.3) is 0 Å². The third kappa shape index (κ3) is 1.97. The van der Waals surface area contributed by atoms with Gasteiger partial charge in [0, 0.05) is 10.9 Å². The van der Waals surface area contributed by atoms with Crippen molar-refractivity contribution in [1.29, 1.82) is 0 Å². The lowest BCUT2D eigenvalue weighted by molar-refractivity contribution is 0.0373. The topological polar surface area (TPSA) is 86.7 Å². The number of carbonyl (C=O) groups is 4. The third-order valence-electron chi connectivity index (χ3n) is 5.60. The van der Waals surface area contributed by atoms with E-state index in [0.717, 1.165) is 10.8 Å². The molecule has 0 unspecified atom stereocenters. The van der Waals surface area contributed by atoms with E-state index in [2.05, 4.69) is 0 Å². The van der Waals surface area contributed by atoms with Gasteiger partial charge in [0.2, 0.25) is 0 Å². The standard InChI is InChI=1S/C24H10O6/c25-21-15-10-4-9-14-16(13-8-3-6-11-5-1-2-7-12(11)13)18-20(24(28)30-23(18)27)19(17(14)15)22(26)29-21/h1-10H. The fourth-order valence-electron chi connectivity index (χ4n) is 4.42. The molecule has 4 aromatic rings. The number of ether oxygens (including phenoxy) is 2. The van der Waals surface area contributed by atoms with Gasteiger partial charge in [-0.15, -0.1) is 0 Å². The Bertz CT molecular complexity index is 1510. The molecule has 0 amide bonds. The van der Waals surface area contributed by atoms with Crippen molar-refractivity contribution < 1.29 is 28.7 Å². The zero-order valence-corrected chi connectivity index (χ0v) is 15.2. The summed E-state index contributed by atoms with van der Waals surface area (Å²) in [6.07, 6.45) is 0. The number of fused-ring (bicyclic) bond motifs is 3. The molecule has 6 nitrogen and oxygen atoms in total. The van der Waals surface area contributed by atoms with Gasteiger partial charge in [-0.2, -0.15) is 0 Å². The van der Waals surface area contributed by atoms with Crippen LogP contribution in [-0.2, 0) is 9.47 Å². The summed E-state index contributed by atoms with van der Waals surface area (Å²) in [5.41, 5.74) is 1.09. The molecule has 2 heterocycles. The van der Waals surface area contributed by atoms with E-state index in [1.807, 2.05) is 42.5 Å². The maximum absolute atomic E-state index is 12.7. The SMILES string of the molecule is O=C1OC(=O)c2c1c(-c1cccc3ccccc13)c1cccc3c1c2C(=O)OC3=O. The Kier molecular flexibility index (Phi) is 3.11. The summed E-state index contributed by atoms with van der Waals surface area (Å²) in [5.74, 6) is -3.50. The highest BCUT2D eigenvalue weighted by atomic mass is 16.6. The van der Waals surface area contributed by atoms with Crippen molar-refractivity contribution in [3.63, 3.8) is 0 Å². The zero-order chi connectivity index (χ0) is 20.6. The van der Waals surface area contributed by atoms with Crippen molar-refractivity contribution in [3.8, 4) is 11.1 Å². The number of esters is 4. The van der Waals surface area contributed by atoms with Gasteiger partial charge >= 0.3 is 23.9 Å². The first-order valence-corrected chi connectivity index (χ1v) is 9.20. The van der Waals surface area contributed by atoms with Gasteiger partial charge in [-0.1, -0.05) is 54.6 Å². The minimum Gasteiger partial charge on any atom is -0.386 e. The molecule has 0 spiro atoms. The summed E-state index contributed by atoms with van der Waals surface area (Å²) in [6, 6.07) is 18.2. The van der Waals surface area contributed by atoms with E-state index in [1.165, 1.54) is 6.07 Å². The van der Waals surface area contributed by atoms with Crippen molar-refractivity contribution in [3.05, 3.63) is 82.9 Å². The van der Waals surface area contributed by atoms with Gasteiger partial charge in [0.15, 0.2) is 0 Å². The molecule has 0 atom stereocenters. The molecule has 2 aliphatic rings. The van der Waals surface area contributed by atoms with Crippen LogP contribution in [0.5, 0.6) is 0 Å². The van der Waals surface area contributed by atoms with Crippen LogP contribution in [0, 0.1) is 0 Å². The van der Waals surface area contributed by atoms with Gasteiger partial charge in [-0.05, 0) is 27.8 Å². The number of hydrogen-bond acceptors (Lipinski definition) is 6. The van der Waals surface area contributed by atoms with Crippen molar-refractivity contribution in [2.24, 2.45) is 0 Å². The molecule has 4 aromatic carbocycles. The predicted molar refractivity (Wildman–Crippen MR) is 106 cm³/mol. The van der Waals surface area contributed by atoms with Crippen LogP contribution < -0.4 is 0 Å². The fraction of sp³-hybridized carbons (Fsp3) is 0. The summed E-state index contributed by atoms with van der Waals surface area (Å²) >= 11 is 0. The quantitative estimate of drug-likeness (QED) is 0.354. The average Bonchev–Trinajstić information content (AvgIpc) is 3.04. The highest BCUT2D eigenvalue weighted by Crippen LogP contribution is 2.45. The minimum atomic E-state index is -0.962. The summed E-state index contributed by atoms with van der Waals surface area (Å²) in [5, 5.41) is 2.61. The van der Waals surface area contributed by atoms with E-state index >= 15 is 0 Å². The van der Waals surface area contributed by atoms with Crippen LogP contribution in [0.4, 0.5) is 0 Å². The number of carbonyl (C=O) groups excluding carboxylic acids is 4. The van der Waals surface area contributed by atoms with E-state index in [4.69, 9.17) is 9.47 Å². The van der Waals surface area contributed by atoms with E-state index in [1.54, 1.807) is 12.1 Å². The van der Waals surface area contributed by atoms with Gasteiger partial charge in [0.1, 0.15) is 0 Å². The van der Waals surface area contributed by atoms with Gasteiger partial charge in [-0.3, -0.25) is 0 Å². The maximum Gasteiger partial charge on any atom is 0.347 e. The molecule has 0 saturated carbocycles. The van der Waals surface area contributed by atoms with E-state index < -0.39 is 23.9 Å². The lowest BCUT2D eigenvalue weighted by Gasteiger charge is -2.20. The largest absolute Gasteiger partial charge is 0.386 e. The number of hydrogen-bond donors (Lipinski definition) is 0. The normalized spacial score (nSPS) is 14.8. The zero-order valence-electron chi connectivity index (χ0n) is 15.2. The smallest absolute Gasteiger partial charge is 0.347 e. The molecule has 0 aromatic heterocycles. The Hall–Kier alpha value is -4.32. The van der Waals surface area contributed by atoms with Crippen LogP contribution in [-0.4, -0.2) is 23.9 Å². The fourth-order valence-corrected chi connectivity index (χ4v) is 4.42. The lowest BCUT2D eigenvalue weighted by atomic mass is 9.83. The second kappa shape index (κ2) is 5.61. The molecule has 0 fully saturated rings. The predicted octanol–water partition coefficient (Wildman–Crippen LogP) is 4.28. The number of cyclic esters (lactones) is 4. The van der Waals surface area contributed by atoms with Crippen LogP contribution in [0.25, 0.3) is 32.7 Å². The summed E-state index contributed by atoms with van der Waals surface area (Å²) in [7, 11) is 0. The van der Waals surface area contributed by atoms with Crippen molar-refractivity contribution >= 4 is 45.4 Å². The first-order valence-electron chi connectivity index (χ1n) is 9.20. The lowest BCUT2D eigenvalue weighted by Crippen LogP contribution is -2.22. The first kappa shape index (κ1) is 16.6. The second-order valence-electron chi connectivity index (χ2n) is 7.11. The third-order valence-corrected chi connectivity index (χ3v) is 5.60. The van der Waals surface area contributed by atoms with E-state index in [-0.39, 0.29) is 22.3 Å². The Labute approximate surface area is 168 Å². The van der Waals surface area contributed by atoms with Crippen molar-refractivity contribution in [2.75, 3.05) is 0 Å². The molecule has 0 aliphatic carbocycles. The van der Waals surface area contributed by atoms with Crippen molar-refractivity contribution in [2.45, 2.75) is 0 Å². The number of rotatable bonds is 1. The van der Waals surface area contributed by atoms with Gasteiger partial charge in [-0.25, -0.2) is 19.2 Å². The molecule has 0 radical (unpaired) electrons. The molecule has 6 heteroatoms. The minimum absolute atomic E-state index is 0.0160. The molecule has 2 aliphatic heterocycles. The van der Waals surface area contributed by atoms with Crippen molar-refractivity contribution in [1.82, 2.24) is 0 Å². The average molecular weight is 394 g/mol. The highest BCUT2D eigenvalue weighted by molar-refractivity contribution is 6.33. The van der Waals surface area contributed by atoms with Crippen LogP contribution in [0.2, 0.25) is 0 Å². The Balaban J connectivity index is 1.90. The second-order valence-corrected chi connectivity index (χ2v) is 7.11. The summed E-state index contributed by atoms with van der Waals surface area (Å²) in [4.78, 5) is 50.3. The molecule has 0 bridgehead atoms. The molecular formula is C24H10O6. The Morgan fingerprint density at radius 3 is 1.87 bits per heavy atom. The summed E-state index contributed by atoms with van der Waals surface area (Å²) in [6.45, 7) is 0. The molecule has 142 valence electrons. The van der Waals surface area contributed by atoms with Gasteiger partial charge < -0.3 is 9.47 Å². The van der Waals surface area contributed by atoms with Crippen LogP contribution >= 0.6 is 0 Å². The highest BCUT2D eigenvalue weighted by Gasteiger charge is 2.43. The van der Waals surface area contributed by atoms with Gasteiger partial charge in [0.05, 0.1) is 22.3 Å². The Morgan fingerprint density at radius 1 is 0.467 bits per heavy atom. The molecule has 30 heavy (non-hydrogen) atoms. The molecule has 6 rings (SSSR count). The molecule has 0 N–H and O–H groups in total. The first-order chi connectivity index (χ1) is 14.6. The number of benzene rings is 4. The van der Waals surface area contributed by atoms with Crippen LogP contribution in [0.1, 0.15) is 41.4 Å².